The highest BCUT2D eigenvalue weighted by atomic mass is 32.2. The van der Waals surface area contributed by atoms with Crippen molar-refractivity contribution in [2.75, 3.05) is 7.05 Å². The van der Waals surface area contributed by atoms with Crippen LogP contribution in [0.15, 0.2) is 53.4 Å². The predicted molar refractivity (Wildman–Crippen MR) is 93.5 cm³/mol. The van der Waals surface area contributed by atoms with Crippen LogP contribution in [-0.4, -0.2) is 25.6 Å². The second-order valence-electron chi connectivity index (χ2n) is 6.21. The molecule has 3 rings (SSSR count). The lowest BCUT2D eigenvalue weighted by molar-refractivity contribution is 0.101. The fraction of sp³-hybridized carbons (Fsp3) is 0.316. The standard InChI is InChI=1S/C19H21NO3S/c1-14(21)16-9-5-10-17(13-16)24(22,23)20(2)19-12-6-8-15-7-3-4-11-18(15)19/h3-5,7,9-11,13,19H,6,8,12H2,1-2H3/t19-/m0/s1. The van der Waals surface area contributed by atoms with Crippen molar-refractivity contribution in [1.82, 2.24) is 4.31 Å². The van der Waals surface area contributed by atoms with Crippen LogP contribution < -0.4 is 0 Å². The first-order chi connectivity index (χ1) is 11.4. The number of sulfonamides is 1. The number of hydrogen-bond acceptors (Lipinski definition) is 3. The molecule has 0 fully saturated rings. The molecule has 0 unspecified atom stereocenters. The molecule has 1 aliphatic rings. The number of carbonyl (C=O) groups excluding carboxylic acids is 1. The average molecular weight is 343 g/mol. The summed E-state index contributed by atoms with van der Waals surface area (Å²) in [5, 5.41) is 0. The molecule has 0 aliphatic heterocycles. The lowest BCUT2D eigenvalue weighted by atomic mass is 9.88. The molecule has 0 saturated carbocycles. The molecule has 1 atom stereocenters. The van der Waals surface area contributed by atoms with Crippen molar-refractivity contribution in [3.05, 3.63) is 65.2 Å². The third-order valence-electron chi connectivity index (χ3n) is 4.69. The molecule has 126 valence electrons. The Balaban J connectivity index is 1.99. The van der Waals surface area contributed by atoms with Gasteiger partial charge in [0.1, 0.15) is 0 Å². The van der Waals surface area contributed by atoms with Crippen LogP contribution in [0.4, 0.5) is 0 Å². The molecule has 0 spiro atoms. The molecule has 1 aliphatic carbocycles. The van der Waals surface area contributed by atoms with E-state index in [0.717, 1.165) is 24.8 Å². The monoisotopic (exact) mass is 343 g/mol. The average Bonchev–Trinajstić information content (AvgIpc) is 2.60. The Labute approximate surface area is 143 Å². The van der Waals surface area contributed by atoms with Crippen LogP contribution in [0.2, 0.25) is 0 Å². The van der Waals surface area contributed by atoms with Crippen LogP contribution in [0, 0.1) is 0 Å². The zero-order valence-corrected chi connectivity index (χ0v) is 14.7. The number of rotatable bonds is 4. The minimum Gasteiger partial charge on any atom is -0.295 e. The summed E-state index contributed by atoms with van der Waals surface area (Å²) in [6.45, 7) is 1.44. The molecule has 24 heavy (non-hydrogen) atoms. The van der Waals surface area contributed by atoms with Crippen molar-refractivity contribution in [3.63, 3.8) is 0 Å². The van der Waals surface area contributed by atoms with Gasteiger partial charge < -0.3 is 0 Å². The molecule has 0 bridgehead atoms. The van der Waals surface area contributed by atoms with E-state index >= 15 is 0 Å². The highest BCUT2D eigenvalue weighted by Crippen LogP contribution is 2.36. The third-order valence-corrected chi connectivity index (χ3v) is 6.56. The van der Waals surface area contributed by atoms with Crippen LogP contribution in [0.3, 0.4) is 0 Å². The summed E-state index contributed by atoms with van der Waals surface area (Å²) in [5.41, 5.74) is 2.71. The fourth-order valence-electron chi connectivity index (χ4n) is 3.32. The summed E-state index contributed by atoms with van der Waals surface area (Å²) in [7, 11) is -2.03. The van der Waals surface area contributed by atoms with Gasteiger partial charge in [-0.2, -0.15) is 4.31 Å². The number of hydrogen-bond donors (Lipinski definition) is 0. The van der Waals surface area contributed by atoms with Gasteiger partial charge in [-0.25, -0.2) is 8.42 Å². The lowest BCUT2D eigenvalue weighted by Crippen LogP contribution is -2.33. The van der Waals surface area contributed by atoms with Crippen molar-refractivity contribution >= 4 is 15.8 Å². The minimum atomic E-state index is -3.66. The van der Waals surface area contributed by atoms with Gasteiger partial charge in [-0.1, -0.05) is 36.4 Å². The summed E-state index contributed by atoms with van der Waals surface area (Å²) >= 11 is 0. The molecule has 4 nitrogen and oxygen atoms in total. The molecular weight excluding hydrogens is 322 g/mol. The number of benzene rings is 2. The second-order valence-corrected chi connectivity index (χ2v) is 8.21. The molecule has 2 aromatic carbocycles. The highest BCUT2D eigenvalue weighted by Gasteiger charge is 2.32. The van der Waals surface area contributed by atoms with Crippen LogP contribution >= 0.6 is 0 Å². The van der Waals surface area contributed by atoms with Gasteiger partial charge in [0.2, 0.25) is 10.0 Å². The van der Waals surface area contributed by atoms with E-state index in [4.69, 9.17) is 0 Å². The minimum absolute atomic E-state index is 0.141. The van der Waals surface area contributed by atoms with Crippen LogP contribution in [0.5, 0.6) is 0 Å². The van der Waals surface area contributed by atoms with Gasteiger partial charge >= 0.3 is 0 Å². The van der Waals surface area contributed by atoms with E-state index in [9.17, 15) is 13.2 Å². The molecule has 0 saturated heterocycles. The Bertz CT molecular complexity index is 874. The topological polar surface area (TPSA) is 54.5 Å². The Hall–Kier alpha value is -1.98. The van der Waals surface area contributed by atoms with E-state index in [2.05, 4.69) is 6.07 Å². The van der Waals surface area contributed by atoms with Crippen molar-refractivity contribution < 1.29 is 13.2 Å². The second kappa shape index (κ2) is 6.49. The Morgan fingerprint density at radius 3 is 2.62 bits per heavy atom. The van der Waals surface area contributed by atoms with E-state index in [1.165, 1.54) is 22.9 Å². The maximum atomic E-state index is 13.0. The van der Waals surface area contributed by atoms with Gasteiger partial charge in [0.25, 0.3) is 0 Å². The van der Waals surface area contributed by atoms with E-state index in [1.54, 1.807) is 25.2 Å². The number of nitrogens with zero attached hydrogens (tertiary/aromatic N) is 1. The molecule has 2 aromatic rings. The van der Waals surface area contributed by atoms with Crippen LogP contribution in [0.25, 0.3) is 0 Å². The van der Waals surface area contributed by atoms with Gasteiger partial charge in [-0.3, -0.25) is 4.79 Å². The zero-order chi connectivity index (χ0) is 17.3. The summed E-state index contributed by atoms with van der Waals surface area (Å²) in [5.74, 6) is -0.141. The quantitative estimate of drug-likeness (QED) is 0.797. The molecule has 0 aromatic heterocycles. The lowest BCUT2D eigenvalue weighted by Gasteiger charge is -2.32. The highest BCUT2D eigenvalue weighted by molar-refractivity contribution is 7.89. The Morgan fingerprint density at radius 1 is 1.12 bits per heavy atom. The van der Waals surface area contributed by atoms with Crippen LogP contribution in [-0.2, 0) is 16.4 Å². The van der Waals surface area contributed by atoms with E-state index in [0.29, 0.717) is 5.56 Å². The zero-order valence-electron chi connectivity index (χ0n) is 13.9. The molecule has 5 heteroatoms. The number of fused-ring (bicyclic) bond motifs is 1. The molecule has 0 radical (unpaired) electrons. The van der Waals surface area contributed by atoms with Crippen LogP contribution in [0.1, 0.15) is 47.3 Å². The maximum Gasteiger partial charge on any atom is 0.243 e. The number of aryl methyl sites for hydroxylation is 1. The molecule has 0 N–H and O–H groups in total. The first-order valence-corrected chi connectivity index (χ1v) is 9.52. The fourth-order valence-corrected chi connectivity index (χ4v) is 4.73. The third kappa shape index (κ3) is 3.01. The summed E-state index contributed by atoms with van der Waals surface area (Å²) in [4.78, 5) is 11.7. The Kier molecular flexibility index (Phi) is 4.56. The molecule has 0 amide bonds. The van der Waals surface area contributed by atoms with Gasteiger partial charge in [0.05, 0.1) is 4.90 Å². The Morgan fingerprint density at radius 2 is 1.88 bits per heavy atom. The smallest absolute Gasteiger partial charge is 0.243 e. The normalized spacial score (nSPS) is 17.5. The summed E-state index contributed by atoms with van der Waals surface area (Å²) in [6, 6.07) is 14.1. The van der Waals surface area contributed by atoms with Gasteiger partial charge in [0.15, 0.2) is 5.78 Å². The van der Waals surface area contributed by atoms with Gasteiger partial charge in [-0.15, -0.1) is 0 Å². The van der Waals surface area contributed by atoms with E-state index in [-0.39, 0.29) is 16.7 Å². The largest absolute Gasteiger partial charge is 0.295 e. The first kappa shape index (κ1) is 16.9. The number of carbonyl (C=O) groups is 1. The molecule has 0 heterocycles. The van der Waals surface area contributed by atoms with Crippen molar-refractivity contribution in [2.45, 2.75) is 37.1 Å². The van der Waals surface area contributed by atoms with Gasteiger partial charge in [-0.05, 0) is 49.4 Å². The number of Topliss-reactive ketones (excluding diaryl/α,β-unsaturated/α-hetero) is 1. The SMILES string of the molecule is CC(=O)c1cccc(S(=O)(=O)N(C)[C@H]2CCCc3ccccc32)c1. The number of ketones is 1. The van der Waals surface area contributed by atoms with Crippen molar-refractivity contribution in [2.24, 2.45) is 0 Å². The van der Waals surface area contributed by atoms with Crippen molar-refractivity contribution in [3.8, 4) is 0 Å². The van der Waals surface area contributed by atoms with Crippen molar-refractivity contribution in [1.29, 1.82) is 0 Å². The maximum absolute atomic E-state index is 13.0. The van der Waals surface area contributed by atoms with E-state index < -0.39 is 10.0 Å². The first-order valence-electron chi connectivity index (χ1n) is 8.08. The summed E-state index contributed by atoms with van der Waals surface area (Å²) in [6.07, 6.45) is 2.76. The van der Waals surface area contributed by atoms with E-state index in [1.807, 2.05) is 18.2 Å². The van der Waals surface area contributed by atoms with Gasteiger partial charge in [0, 0.05) is 18.7 Å². The summed E-state index contributed by atoms with van der Waals surface area (Å²) < 4.78 is 27.5. The molecular formula is C19H21NO3S. The predicted octanol–water partition coefficient (Wildman–Crippen LogP) is 3.59.